The van der Waals surface area contributed by atoms with Crippen molar-refractivity contribution in [2.24, 2.45) is 0 Å². The molecule has 152 valence electrons. The number of fused-ring (bicyclic) bond motifs is 4. The Kier molecular flexibility index (Phi) is 3.75. The summed E-state index contributed by atoms with van der Waals surface area (Å²) >= 11 is 0. The van der Waals surface area contributed by atoms with Crippen molar-refractivity contribution in [1.82, 2.24) is 9.55 Å². The van der Waals surface area contributed by atoms with E-state index in [2.05, 4.69) is 35.3 Å². The number of aromatic nitrogens is 2. The number of pyridine rings is 2. The van der Waals surface area contributed by atoms with Crippen LogP contribution in [0, 0.1) is 0 Å². The maximum absolute atomic E-state index is 13.4. The normalized spacial score (nSPS) is 12.4. The lowest BCUT2D eigenvalue weighted by Gasteiger charge is -2.19. The fraction of sp³-hybridized carbons (Fsp3) is 0.185. The van der Waals surface area contributed by atoms with Gasteiger partial charge in [-0.15, -0.1) is 0 Å². The molecule has 0 aliphatic rings. The first-order chi connectivity index (χ1) is 15.1. The van der Waals surface area contributed by atoms with E-state index in [1.54, 1.807) is 0 Å². The number of hydrogen-bond donors (Lipinski definition) is 1. The monoisotopic (exact) mass is 406 g/mol. The largest absolute Gasteiger partial charge is 0.354 e. The van der Waals surface area contributed by atoms with E-state index in [0.717, 1.165) is 50.8 Å². The third-order valence-corrected chi connectivity index (χ3v) is 6.83. The van der Waals surface area contributed by atoms with Crippen LogP contribution in [0.2, 0.25) is 0 Å². The average molecular weight is 406 g/mol. The number of aromatic amines is 1. The van der Waals surface area contributed by atoms with Crippen molar-refractivity contribution < 1.29 is 0 Å². The van der Waals surface area contributed by atoms with Gasteiger partial charge in [0.15, 0.2) is 0 Å². The minimum atomic E-state index is -0.182. The summed E-state index contributed by atoms with van der Waals surface area (Å²) in [5.74, 6) is 0. The average Bonchev–Trinajstić information content (AvgIpc) is 2.81. The lowest BCUT2D eigenvalue weighted by molar-refractivity contribution is 0.451. The highest BCUT2D eigenvalue weighted by molar-refractivity contribution is 6.30. The van der Waals surface area contributed by atoms with Gasteiger partial charge in [0.25, 0.3) is 11.1 Å². The number of rotatable bonds is 3. The predicted molar refractivity (Wildman–Crippen MR) is 130 cm³/mol. The topological polar surface area (TPSA) is 54.9 Å². The number of benzene rings is 4. The Morgan fingerprint density at radius 1 is 0.677 bits per heavy atom. The van der Waals surface area contributed by atoms with Gasteiger partial charge in [-0.2, -0.15) is 0 Å². The van der Waals surface area contributed by atoms with E-state index in [1.807, 2.05) is 44.2 Å². The Labute approximate surface area is 178 Å². The van der Waals surface area contributed by atoms with E-state index >= 15 is 0 Å². The van der Waals surface area contributed by atoms with Gasteiger partial charge in [-0.1, -0.05) is 50.2 Å². The minimum Gasteiger partial charge on any atom is -0.354 e. The van der Waals surface area contributed by atoms with Crippen LogP contribution in [0.1, 0.15) is 32.7 Å². The highest BCUT2D eigenvalue weighted by Crippen LogP contribution is 2.38. The second-order valence-electron chi connectivity index (χ2n) is 8.36. The van der Waals surface area contributed by atoms with E-state index in [-0.39, 0.29) is 17.2 Å². The summed E-state index contributed by atoms with van der Waals surface area (Å²) in [6, 6.07) is 20.3. The Bertz CT molecular complexity index is 1720. The molecule has 0 bridgehead atoms. The van der Waals surface area contributed by atoms with Crippen molar-refractivity contribution in [3.8, 4) is 0 Å². The van der Waals surface area contributed by atoms with E-state index < -0.39 is 0 Å². The van der Waals surface area contributed by atoms with Crippen LogP contribution in [-0.4, -0.2) is 9.55 Å². The second-order valence-corrected chi connectivity index (χ2v) is 8.36. The first-order valence-corrected chi connectivity index (χ1v) is 10.9. The fourth-order valence-corrected chi connectivity index (χ4v) is 5.31. The lowest BCUT2D eigenvalue weighted by Crippen LogP contribution is -2.36. The Morgan fingerprint density at radius 3 is 2.03 bits per heavy atom. The summed E-state index contributed by atoms with van der Waals surface area (Å²) in [5.41, 5.74) is 1.62. The molecule has 0 aliphatic heterocycles. The van der Waals surface area contributed by atoms with Gasteiger partial charge < -0.3 is 4.98 Å². The summed E-state index contributed by atoms with van der Waals surface area (Å²) in [6.45, 7) is 4.05. The van der Waals surface area contributed by atoms with Gasteiger partial charge in [-0.3, -0.25) is 14.2 Å². The van der Waals surface area contributed by atoms with Gasteiger partial charge in [0.1, 0.15) is 0 Å². The number of hydrogen-bond acceptors (Lipinski definition) is 2. The SMILES string of the molecule is CCC(CC)n1c(=O)c2ccc3[nH]c4ccc5ccccc5c4c4ccc(c1=O)c2c34. The molecule has 1 N–H and O–H groups in total. The molecule has 0 spiro atoms. The summed E-state index contributed by atoms with van der Waals surface area (Å²) in [4.78, 5) is 30.4. The number of H-pyrrole nitrogens is 1. The van der Waals surface area contributed by atoms with Crippen LogP contribution in [0.15, 0.2) is 70.3 Å². The van der Waals surface area contributed by atoms with Crippen molar-refractivity contribution in [2.75, 3.05) is 0 Å². The fourth-order valence-electron chi connectivity index (χ4n) is 5.31. The van der Waals surface area contributed by atoms with E-state index in [1.165, 1.54) is 9.95 Å². The molecular formula is C27H22N2O2. The third kappa shape index (κ3) is 2.30. The van der Waals surface area contributed by atoms with Gasteiger partial charge in [0.05, 0.1) is 0 Å². The van der Waals surface area contributed by atoms with Gasteiger partial charge in [-0.05, 0) is 53.3 Å². The minimum absolute atomic E-state index is 0.0850. The Hall–Kier alpha value is -3.66. The van der Waals surface area contributed by atoms with E-state index in [9.17, 15) is 9.59 Å². The zero-order chi connectivity index (χ0) is 21.3. The van der Waals surface area contributed by atoms with Crippen LogP contribution >= 0.6 is 0 Å². The van der Waals surface area contributed by atoms with Crippen molar-refractivity contribution in [3.63, 3.8) is 0 Å². The summed E-state index contributed by atoms with van der Waals surface area (Å²) in [5, 5.41) is 7.49. The molecule has 6 rings (SSSR count). The molecule has 4 aromatic carbocycles. The van der Waals surface area contributed by atoms with E-state index in [4.69, 9.17) is 0 Å². The number of nitrogens with one attached hydrogen (secondary N) is 1. The summed E-state index contributed by atoms with van der Waals surface area (Å²) in [7, 11) is 0. The molecule has 31 heavy (non-hydrogen) atoms. The molecule has 2 aromatic heterocycles. The highest BCUT2D eigenvalue weighted by atomic mass is 16.2. The van der Waals surface area contributed by atoms with Gasteiger partial charge in [0, 0.05) is 44.0 Å². The van der Waals surface area contributed by atoms with Crippen LogP contribution < -0.4 is 11.1 Å². The van der Waals surface area contributed by atoms with Gasteiger partial charge >= 0.3 is 0 Å². The smallest absolute Gasteiger partial charge is 0.261 e. The Morgan fingerprint density at radius 2 is 1.29 bits per heavy atom. The quantitative estimate of drug-likeness (QED) is 0.285. The van der Waals surface area contributed by atoms with Gasteiger partial charge in [0.2, 0.25) is 0 Å². The summed E-state index contributed by atoms with van der Waals surface area (Å²) in [6.07, 6.45) is 1.51. The molecule has 0 amide bonds. The second kappa shape index (κ2) is 6.42. The lowest BCUT2D eigenvalue weighted by atomic mass is 9.93. The van der Waals surface area contributed by atoms with Crippen LogP contribution in [0.25, 0.3) is 54.1 Å². The molecule has 0 aliphatic carbocycles. The van der Waals surface area contributed by atoms with Crippen molar-refractivity contribution >= 4 is 54.1 Å². The zero-order valence-corrected chi connectivity index (χ0v) is 17.5. The molecule has 6 aromatic rings. The standard InChI is InChI=1S/C27H22N2O2/c1-3-16(4-2)29-26(30)19-11-10-18-23-17-8-6-5-7-15(17)9-13-21(23)28-22-14-12-20(27(29)31)24(19)25(18)22/h5-14,16,28H,3-4H2,1-2H3. The van der Waals surface area contributed by atoms with Crippen molar-refractivity contribution in [3.05, 3.63) is 81.4 Å². The number of nitrogens with zero attached hydrogens (tertiary/aromatic N) is 1. The molecule has 2 heterocycles. The van der Waals surface area contributed by atoms with Crippen molar-refractivity contribution in [1.29, 1.82) is 0 Å². The Balaban J connectivity index is 1.89. The van der Waals surface area contributed by atoms with Crippen LogP contribution in [0.4, 0.5) is 0 Å². The predicted octanol–water partition coefficient (Wildman–Crippen LogP) is 6.10. The molecule has 0 atom stereocenters. The molecular weight excluding hydrogens is 384 g/mol. The maximum Gasteiger partial charge on any atom is 0.261 e. The maximum atomic E-state index is 13.4. The van der Waals surface area contributed by atoms with Crippen molar-refractivity contribution in [2.45, 2.75) is 32.7 Å². The molecule has 0 fully saturated rings. The first-order valence-electron chi connectivity index (χ1n) is 10.9. The van der Waals surface area contributed by atoms with Gasteiger partial charge in [-0.25, -0.2) is 0 Å². The van der Waals surface area contributed by atoms with Crippen LogP contribution in [-0.2, 0) is 0 Å². The molecule has 4 nitrogen and oxygen atoms in total. The zero-order valence-electron chi connectivity index (χ0n) is 17.5. The first kappa shape index (κ1) is 18.1. The molecule has 0 unspecified atom stereocenters. The molecule has 0 saturated carbocycles. The van der Waals surface area contributed by atoms with E-state index in [0.29, 0.717) is 10.8 Å². The molecule has 4 heteroatoms. The molecule has 0 radical (unpaired) electrons. The highest BCUT2D eigenvalue weighted by Gasteiger charge is 2.21. The summed E-state index contributed by atoms with van der Waals surface area (Å²) < 4.78 is 1.47. The van der Waals surface area contributed by atoms with Crippen LogP contribution in [0.5, 0.6) is 0 Å². The van der Waals surface area contributed by atoms with Crippen LogP contribution in [0.3, 0.4) is 0 Å². The third-order valence-electron chi connectivity index (χ3n) is 6.83. The molecule has 0 saturated heterocycles.